The smallest absolute Gasteiger partial charge is 0.126 e. The van der Waals surface area contributed by atoms with Gasteiger partial charge in [0.1, 0.15) is 5.84 Å². The van der Waals surface area contributed by atoms with Crippen molar-refractivity contribution in [1.29, 1.82) is 5.41 Å². The highest BCUT2D eigenvalue weighted by Crippen LogP contribution is 2.36. The molecular formula is C17H27N3S. The van der Waals surface area contributed by atoms with Crippen LogP contribution in [0.25, 0.3) is 0 Å². The normalized spacial score (nSPS) is 25.9. The van der Waals surface area contributed by atoms with Crippen LogP contribution in [0, 0.1) is 17.2 Å². The van der Waals surface area contributed by atoms with Crippen LogP contribution < -0.4 is 10.6 Å². The summed E-state index contributed by atoms with van der Waals surface area (Å²) in [7, 11) is 0. The van der Waals surface area contributed by atoms with Crippen molar-refractivity contribution in [1.82, 2.24) is 0 Å². The number of nitrogens with one attached hydrogen (secondary N) is 1. The molecule has 3 nitrogen and oxygen atoms in total. The predicted octanol–water partition coefficient (Wildman–Crippen LogP) is 3.95. The van der Waals surface area contributed by atoms with Gasteiger partial charge in [0, 0.05) is 23.2 Å². The molecule has 1 aromatic carbocycles. The summed E-state index contributed by atoms with van der Waals surface area (Å²) in [4.78, 5) is 3.58. The minimum atomic E-state index is 0.180. The van der Waals surface area contributed by atoms with Crippen LogP contribution in [0.5, 0.6) is 0 Å². The number of hydrogen-bond acceptors (Lipinski definition) is 3. The monoisotopic (exact) mass is 305 g/mol. The first-order chi connectivity index (χ1) is 9.95. The topological polar surface area (TPSA) is 53.1 Å². The summed E-state index contributed by atoms with van der Waals surface area (Å²) >= 11 is 1.76. The lowest BCUT2D eigenvalue weighted by molar-refractivity contribution is 0.297. The predicted molar refractivity (Wildman–Crippen MR) is 93.6 cm³/mol. The number of thioether (sulfide) groups is 1. The van der Waals surface area contributed by atoms with Crippen molar-refractivity contribution < 1.29 is 0 Å². The van der Waals surface area contributed by atoms with Crippen LogP contribution in [-0.2, 0) is 0 Å². The fraction of sp³-hybridized carbons (Fsp3) is 0.588. The minimum absolute atomic E-state index is 0.180. The Kier molecular flexibility index (Phi) is 5.20. The lowest BCUT2D eigenvalue weighted by atomic mass is 9.85. The molecule has 1 fully saturated rings. The summed E-state index contributed by atoms with van der Waals surface area (Å²) in [6.45, 7) is 10.1. The molecule has 0 bridgehead atoms. The number of benzene rings is 1. The van der Waals surface area contributed by atoms with Gasteiger partial charge in [-0.15, -0.1) is 11.8 Å². The van der Waals surface area contributed by atoms with Crippen LogP contribution in [0.3, 0.4) is 0 Å². The van der Waals surface area contributed by atoms with Crippen molar-refractivity contribution in [2.45, 2.75) is 45.1 Å². The Morgan fingerprint density at radius 2 is 2.10 bits per heavy atom. The molecule has 3 unspecified atom stereocenters. The minimum Gasteiger partial charge on any atom is -0.384 e. The van der Waals surface area contributed by atoms with Gasteiger partial charge in [0.25, 0.3) is 0 Å². The molecule has 1 aliphatic heterocycles. The van der Waals surface area contributed by atoms with Crippen molar-refractivity contribution in [2.24, 2.45) is 17.6 Å². The fourth-order valence-electron chi connectivity index (χ4n) is 3.34. The number of nitrogen functional groups attached to an aromatic ring is 1. The van der Waals surface area contributed by atoms with Gasteiger partial charge >= 0.3 is 0 Å². The third-order valence-electron chi connectivity index (χ3n) is 4.48. The molecule has 21 heavy (non-hydrogen) atoms. The molecule has 1 aliphatic rings. The highest BCUT2D eigenvalue weighted by atomic mass is 32.2. The molecule has 0 saturated carbocycles. The van der Waals surface area contributed by atoms with E-state index in [1.54, 1.807) is 11.8 Å². The number of anilines is 1. The van der Waals surface area contributed by atoms with Gasteiger partial charge in [-0.05, 0) is 43.1 Å². The number of nitrogens with zero attached hydrogens (tertiary/aromatic N) is 1. The van der Waals surface area contributed by atoms with Crippen LogP contribution in [0.1, 0.15) is 39.7 Å². The summed E-state index contributed by atoms with van der Waals surface area (Å²) < 4.78 is 0. The molecule has 2 rings (SSSR count). The second-order valence-corrected chi connectivity index (χ2v) is 7.51. The Morgan fingerprint density at radius 3 is 2.71 bits per heavy atom. The summed E-state index contributed by atoms with van der Waals surface area (Å²) in [5.74, 6) is 2.51. The molecule has 4 heteroatoms. The molecule has 116 valence electrons. The maximum atomic E-state index is 8.02. The van der Waals surface area contributed by atoms with E-state index in [0.717, 1.165) is 28.4 Å². The van der Waals surface area contributed by atoms with Gasteiger partial charge in [-0.1, -0.05) is 26.8 Å². The summed E-state index contributed by atoms with van der Waals surface area (Å²) in [5.41, 5.74) is 7.96. The molecule has 3 atom stereocenters. The molecular weight excluding hydrogens is 278 g/mol. The van der Waals surface area contributed by atoms with Crippen LogP contribution in [-0.4, -0.2) is 24.2 Å². The second kappa shape index (κ2) is 6.73. The lowest BCUT2D eigenvalue weighted by Crippen LogP contribution is -2.46. The van der Waals surface area contributed by atoms with Crippen molar-refractivity contribution >= 4 is 23.3 Å². The number of hydrogen-bond donors (Lipinski definition) is 2. The van der Waals surface area contributed by atoms with E-state index in [4.69, 9.17) is 11.1 Å². The van der Waals surface area contributed by atoms with E-state index in [0.29, 0.717) is 17.9 Å². The molecule has 0 radical (unpaired) electrons. The molecule has 0 aromatic heterocycles. The molecule has 1 aromatic rings. The van der Waals surface area contributed by atoms with Gasteiger partial charge in [0.15, 0.2) is 0 Å². The van der Waals surface area contributed by atoms with Crippen molar-refractivity contribution in [3.8, 4) is 0 Å². The van der Waals surface area contributed by atoms with Gasteiger partial charge in [0.2, 0.25) is 0 Å². The van der Waals surface area contributed by atoms with Crippen LogP contribution >= 0.6 is 11.8 Å². The average Bonchev–Trinajstić information content (AvgIpc) is 2.42. The van der Waals surface area contributed by atoms with Gasteiger partial charge in [-0.25, -0.2) is 0 Å². The van der Waals surface area contributed by atoms with E-state index >= 15 is 0 Å². The summed E-state index contributed by atoms with van der Waals surface area (Å²) in [6.07, 6.45) is 1.27. The van der Waals surface area contributed by atoms with E-state index in [1.165, 1.54) is 6.42 Å². The zero-order valence-electron chi connectivity index (χ0n) is 13.5. The Labute approximate surface area is 132 Å². The van der Waals surface area contributed by atoms with E-state index in [1.807, 2.05) is 0 Å². The van der Waals surface area contributed by atoms with Gasteiger partial charge in [0.05, 0.1) is 5.56 Å². The SMILES string of the molecule is CCSc1cccc(N2CC(C)CC(C)C2C)c1C(=N)N. The molecule has 1 saturated heterocycles. The largest absolute Gasteiger partial charge is 0.384 e. The fourth-order valence-corrected chi connectivity index (χ4v) is 4.18. The number of amidine groups is 1. The first-order valence-electron chi connectivity index (χ1n) is 7.82. The molecule has 0 aliphatic carbocycles. The third kappa shape index (κ3) is 3.37. The molecule has 1 heterocycles. The standard InChI is InChI=1S/C17H27N3S/c1-5-21-15-8-6-7-14(16(15)17(18)19)20-10-11(2)9-12(3)13(20)4/h6-8,11-13H,5,9-10H2,1-4H3,(H3,18,19). The summed E-state index contributed by atoms with van der Waals surface area (Å²) in [5, 5.41) is 8.02. The maximum absolute atomic E-state index is 8.02. The number of rotatable bonds is 4. The molecule has 0 amide bonds. The van der Waals surface area contributed by atoms with Crippen molar-refractivity contribution in [2.75, 3.05) is 17.2 Å². The lowest BCUT2D eigenvalue weighted by Gasteiger charge is -2.43. The van der Waals surface area contributed by atoms with E-state index in [-0.39, 0.29) is 5.84 Å². The third-order valence-corrected chi connectivity index (χ3v) is 5.42. The van der Waals surface area contributed by atoms with Gasteiger partial charge < -0.3 is 10.6 Å². The second-order valence-electron chi connectivity index (χ2n) is 6.21. The quantitative estimate of drug-likeness (QED) is 0.503. The van der Waals surface area contributed by atoms with E-state index < -0.39 is 0 Å². The first-order valence-corrected chi connectivity index (χ1v) is 8.81. The van der Waals surface area contributed by atoms with Crippen LogP contribution in [0.4, 0.5) is 5.69 Å². The number of piperidine rings is 1. The van der Waals surface area contributed by atoms with Crippen molar-refractivity contribution in [3.63, 3.8) is 0 Å². The maximum Gasteiger partial charge on any atom is 0.126 e. The Morgan fingerprint density at radius 1 is 1.38 bits per heavy atom. The number of nitrogens with two attached hydrogens (primary N) is 1. The zero-order valence-corrected chi connectivity index (χ0v) is 14.3. The Bertz CT molecular complexity index is 515. The van der Waals surface area contributed by atoms with E-state index in [9.17, 15) is 0 Å². The van der Waals surface area contributed by atoms with Crippen molar-refractivity contribution in [3.05, 3.63) is 23.8 Å². The molecule has 3 N–H and O–H groups in total. The van der Waals surface area contributed by atoms with E-state index in [2.05, 4.69) is 50.8 Å². The Balaban J connectivity index is 2.47. The Hall–Kier alpha value is -1.16. The van der Waals surface area contributed by atoms with Crippen LogP contribution in [0.2, 0.25) is 0 Å². The van der Waals surface area contributed by atoms with Gasteiger partial charge in [-0.2, -0.15) is 0 Å². The van der Waals surface area contributed by atoms with Crippen LogP contribution in [0.15, 0.2) is 23.1 Å². The highest BCUT2D eigenvalue weighted by molar-refractivity contribution is 7.99. The van der Waals surface area contributed by atoms with Gasteiger partial charge in [-0.3, -0.25) is 5.41 Å². The average molecular weight is 305 g/mol. The zero-order chi connectivity index (χ0) is 15.6. The highest BCUT2D eigenvalue weighted by Gasteiger charge is 2.30. The summed E-state index contributed by atoms with van der Waals surface area (Å²) in [6, 6.07) is 6.78. The molecule has 0 spiro atoms. The first kappa shape index (κ1) is 16.2.